The van der Waals surface area contributed by atoms with Gasteiger partial charge in [-0.2, -0.15) is 13.2 Å². The van der Waals surface area contributed by atoms with Crippen LogP contribution in [0.2, 0.25) is 0 Å². The second-order valence-corrected chi connectivity index (χ2v) is 4.74. The number of benzene rings is 2. The first-order valence-electron chi connectivity index (χ1n) is 5.43. The molecule has 2 aromatic rings. The molecular formula is C14H9BrF3N. The average Bonchev–Trinajstić information content (AvgIpc) is 2.37. The Morgan fingerprint density at radius 1 is 0.947 bits per heavy atom. The van der Waals surface area contributed by atoms with Gasteiger partial charge < -0.3 is 0 Å². The van der Waals surface area contributed by atoms with E-state index in [1.807, 2.05) is 0 Å². The van der Waals surface area contributed by atoms with Crippen molar-refractivity contribution in [2.75, 3.05) is 0 Å². The Hall–Kier alpha value is -1.62. The Balaban J connectivity index is 2.31. The zero-order valence-corrected chi connectivity index (χ0v) is 11.2. The van der Waals surface area contributed by atoms with E-state index in [9.17, 15) is 13.2 Å². The third-order valence-electron chi connectivity index (χ3n) is 2.43. The average molecular weight is 328 g/mol. The van der Waals surface area contributed by atoms with Crippen LogP contribution in [0.25, 0.3) is 0 Å². The number of para-hydroxylation sites is 1. The molecule has 0 bridgehead atoms. The Morgan fingerprint density at radius 3 is 2.21 bits per heavy atom. The minimum Gasteiger partial charge on any atom is -0.256 e. The smallest absolute Gasteiger partial charge is 0.256 e. The maximum absolute atomic E-state index is 12.7. The molecule has 0 saturated carbocycles. The maximum atomic E-state index is 12.7. The molecule has 0 fully saturated rings. The second-order valence-electron chi connectivity index (χ2n) is 3.82. The minimum absolute atomic E-state index is 0.0853. The van der Waals surface area contributed by atoms with Crippen molar-refractivity contribution in [1.82, 2.24) is 0 Å². The van der Waals surface area contributed by atoms with Crippen LogP contribution in [0.15, 0.2) is 58.0 Å². The highest BCUT2D eigenvalue weighted by Crippen LogP contribution is 2.35. The van der Waals surface area contributed by atoms with Gasteiger partial charge >= 0.3 is 6.18 Å². The van der Waals surface area contributed by atoms with Crippen LogP contribution in [0.4, 0.5) is 18.9 Å². The molecule has 0 aliphatic heterocycles. The van der Waals surface area contributed by atoms with Gasteiger partial charge in [-0.25, -0.2) is 0 Å². The summed E-state index contributed by atoms with van der Waals surface area (Å²) < 4.78 is 39.1. The van der Waals surface area contributed by atoms with Gasteiger partial charge in [0.1, 0.15) is 0 Å². The predicted molar refractivity (Wildman–Crippen MR) is 72.8 cm³/mol. The van der Waals surface area contributed by atoms with Crippen LogP contribution in [0, 0.1) is 0 Å². The first-order valence-corrected chi connectivity index (χ1v) is 6.22. The van der Waals surface area contributed by atoms with Crippen molar-refractivity contribution in [2.45, 2.75) is 6.18 Å². The number of rotatable bonds is 2. The van der Waals surface area contributed by atoms with Crippen LogP contribution in [-0.4, -0.2) is 6.21 Å². The van der Waals surface area contributed by atoms with Gasteiger partial charge in [0.25, 0.3) is 0 Å². The molecule has 5 heteroatoms. The molecular weight excluding hydrogens is 319 g/mol. The topological polar surface area (TPSA) is 12.4 Å². The number of hydrogen-bond donors (Lipinski definition) is 0. The van der Waals surface area contributed by atoms with Crippen LogP contribution in [0.5, 0.6) is 0 Å². The van der Waals surface area contributed by atoms with E-state index >= 15 is 0 Å². The van der Waals surface area contributed by atoms with E-state index < -0.39 is 11.7 Å². The van der Waals surface area contributed by atoms with Crippen molar-refractivity contribution in [3.63, 3.8) is 0 Å². The molecule has 0 aliphatic carbocycles. The quantitative estimate of drug-likeness (QED) is 0.671. The molecule has 0 heterocycles. The van der Waals surface area contributed by atoms with Gasteiger partial charge in [0, 0.05) is 10.7 Å². The van der Waals surface area contributed by atoms with Crippen molar-refractivity contribution in [3.8, 4) is 0 Å². The fraction of sp³-hybridized carbons (Fsp3) is 0.0714. The van der Waals surface area contributed by atoms with Crippen LogP contribution in [-0.2, 0) is 6.18 Å². The molecule has 19 heavy (non-hydrogen) atoms. The van der Waals surface area contributed by atoms with Crippen molar-refractivity contribution >= 4 is 27.8 Å². The molecule has 0 amide bonds. The molecule has 0 spiro atoms. The normalized spacial score (nSPS) is 12.0. The fourth-order valence-electron chi connectivity index (χ4n) is 1.52. The number of alkyl halides is 3. The molecule has 0 aliphatic rings. The third-order valence-corrected chi connectivity index (χ3v) is 2.96. The zero-order valence-electron chi connectivity index (χ0n) is 9.66. The Morgan fingerprint density at radius 2 is 1.58 bits per heavy atom. The number of nitrogens with zero attached hydrogens (tertiary/aromatic N) is 1. The molecule has 0 saturated heterocycles. The van der Waals surface area contributed by atoms with E-state index in [0.717, 1.165) is 16.1 Å². The summed E-state index contributed by atoms with van der Waals surface area (Å²) in [7, 11) is 0. The van der Waals surface area contributed by atoms with E-state index in [4.69, 9.17) is 0 Å². The van der Waals surface area contributed by atoms with Crippen LogP contribution in [0.3, 0.4) is 0 Å². The van der Waals surface area contributed by atoms with Gasteiger partial charge in [0.05, 0.1) is 11.3 Å². The molecule has 2 rings (SSSR count). The molecule has 1 nitrogen and oxygen atoms in total. The molecule has 0 unspecified atom stereocenters. The van der Waals surface area contributed by atoms with Gasteiger partial charge in [-0.05, 0) is 29.8 Å². The summed E-state index contributed by atoms with van der Waals surface area (Å²) in [6.07, 6.45) is -2.98. The van der Waals surface area contributed by atoms with Crippen molar-refractivity contribution in [1.29, 1.82) is 0 Å². The molecule has 0 atom stereocenters. The van der Waals surface area contributed by atoms with E-state index in [1.165, 1.54) is 24.4 Å². The van der Waals surface area contributed by atoms with E-state index in [1.54, 1.807) is 24.3 Å². The summed E-state index contributed by atoms with van der Waals surface area (Å²) in [4.78, 5) is 3.91. The highest BCUT2D eigenvalue weighted by Gasteiger charge is 2.32. The zero-order chi connectivity index (χ0) is 13.9. The lowest BCUT2D eigenvalue weighted by molar-refractivity contribution is -0.137. The summed E-state index contributed by atoms with van der Waals surface area (Å²) in [5.74, 6) is 0. The van der Waals surface area contributed by atoms with Crippen molar-refractivity contribution in [3.05, 3.63) is 64.1 Å². The maximum Gasteiger partial charge on any atom is 0.418 e. The summed E-state index contributed by atoms with van der Waals surface area (Å²) in [5, 5.41) is 0. The molecule has 98 valence electrons. The van der Waals surface area contributed by atoms with E-state index in [-0.39, 0.29) is 5.69 Å². The highest BCUT2D eigenvalue weighted by atomic mass is 79.9. The summed E-state index contributed by atoms with van der Waals surface area (Å²) in [6.45, 7) is 0. The number of halogens is 4. The van der Waals surface area contributed by atoms with Crippen molar-refractivity contribution in [2.24, 2.45) is 4.99 Å². The summed E-state index contributed by atoms with van der Waals surface area (Å²) >= 11 is 3.29. The van der Waals surface area contributed by atoms with Crippen LogP contribution < -0.4 is 0 Å². The van der Waals surface area contributed by atoms with Gasteiger partial charge in [-0.15, -0.1) is 0 Å². The lowest BCUT2D eigenvalue weighted by Crippen LogP contribution is -2.04. The molecule has 2 aromatic carbocycles. The Labute approximate surface area is 116 Å². The first-order chi connectivity index (χ1) is 8.97. The minimum atomic E-state index is -4.40. The van der Waals surface area contributed by atoms with Gasteiger partial charge in [0.2, 0.25) is 0 Å². The molecule has 0 N–H and O–H groups in total. The SMILES string of the molecule is FC(F)(F)c1ccccc1N=Cc1ccc(Br)cc1. The predicted octanol–water partition coefficient (Wildman–Crippen LogP) is 5.22. The van der Waals surface area contributed by atoms with E-state index in [2.05, 4.69) is 20.9 Å². The van der Waals surface area contributed by atoms with Gasteiger partial charge in [-0.3, -0.25) is 4.99 Å². The monoisotopic (exact) mass is 327 g/mol. The Bertz CT molecular complexity index is 588. The first kappa shape index (κ1) is 13.8. The molecule has 0 radical (unpaired) electrons. The lowest BCUT2D eigenvalue weighted by Gasteiger charge is -2.08. The number of aliphatic imine (C=N–C) groups is 1. The van der Waals surface area contributed by atoms with Crippen LogP contribution in [0.1, 0.15) is 11.1 Å². The lowest BCUT2D eigenvalue weighted by atomic mass is 10.1. The number of hydrogen-bond acceptors (Lipinski definition) is 1. The fourth-order valence-corrected chi connectivity index (χ4v) is 1.78. The van der Waals surface area contributed by atoms with Crippen LogP contribution >= 0.6 is 15.9 Å². The van der Waals surface area contributed by atoms with Gasteiger partial charge in [-0.1, -0.05) is 40.2 Å². The Kier molecular flexibility index (Phi) is 4.04. The third kappa shape index (κ3) is 3.67. The van der Waals surface area contributed by atoms with Gasteiger partial charge in [0.15, 0.2) is 0 Å². The second kappa shape index (κ2) is 5.57. The standard InChI is InChI=1S/C14H9BrF3N/c15-11-7-5-10(6-8-11)9-19-13-4-2-1-3-12(13)14(16,17)18/h1-9H. The van der Waals surface area contributed by atoms with Crippen molar-refractivity contribution < 1.29 is 13.2 Å². The largest absolute Gasteiger partial charge is 0.418 e. The molecule has 0 aromatic heterocycles. The van der Waals surface area contributed by atoms with E-state index in [0.29, 0.717) is 0 Å². The highest BCUT2D eigenvalue weighted by molar-refractivity contribution is 9.10. The summed E-state index contributed by atoms with van der Waals surface area (Å²) in [6, 6.07) is 12.4. The summed E-state index contributed by atoms with van der Waals surface area (Å²) in [5.41, 5.74) is -0.0820.